The fourth-order valence-corrected chi connectivity index (χ4v) is 14.3. The van der Waals surface area contributed by atoms with Crippen molar-refractivity contribution < 1.29 is 17.7 Å². The Labute approximate surface area is 241 Å². The first-order valence-corrected chi connectivity index (χ1v) is 21.4. The maximum Gasteiger partial charge on any atom is 0.324 e. The molecule has 2 atom stereocenters. The van der Waals surface area contributed by atoms with Gasteiger partial charge in [-0.2, -0.15) is 0 Å². The van der Waals surface area contributed by atoms with Crippen LogP contribution < -0.4 is 0 Å². The molecule has 0 aliphatic carbocycles. The Morgan fingerprint density at radius 3 is 1.14 bits per heavy atom. The van der Waals surface area contributed by atoms with Gasteiger partial charge in [-0.15, -0.1) is 0 Å². The monoisotopic (exact) mass is 622 g/mol. The lowest BCUT2D eigenvalue weighted by atomic mass is 10.4. The predicted molar refractivity (Wildman–Crippen MR) is 170 cm³/mol. The molecule has 0 aromatic heterocycles. The highest BCUT2D eigenvalue weighted by Crippen LogP contribution is 2.43. The molecule has 0 fully saturated rings. The van der Waals surface area contributed by atoms with Crippen molar-refractivity contribution in [1.82, 2.24) is 19.6 Å². The summed E-state index contributed by atoms with van der Waals surface area (Å²) < 4.78 is 25.0. The van der Waals surface area contributed by atoms with Gasteiger partial charge in [0, 0.05) is 24.7 Å². The van der Waals surface area contributed by atoms with Crippen molar-refractivity contribution in [2.24, 2.45) is 0 Å². The third-order valence-electron chi connectivity index (χ3n) is 6.19. The summed E-state index contributed by atoms with van der Waals surface area (Å²) >= 11 is 0. The third kappa shape index (κ3) is 14.2. The molecule has 0 spiro atoms. The summed E-state index contributed by atoms with van der Waals surface area (Å²) in [6.45, 7) is 9.75. The zero-order valence-corrected chi connectivity index (χ0v) is 30.4. The molecule has 0 radical (unpaired) electrons. The maximum absolute atomic E-state index is 6.49. The van der Waals surface area contributed by atoms with E-state index in [2.05, 4.69) is 104 Å². The minimum atomic E-state index is -1.73. The van der Waals surface area contributed by atoms with Gasteiger partial charge in [0.15, 0.2) is 11.7 Å². The molecule has 0 aliphatic rings. The molecule has 0 aliphatic heterocycles. The highest BCUT2D eigenvalue weighted by atomic mass is 33.7. The second-order valence-corrected chi connectivity index (χ2v) is 19.8. The summed E-state index contributed by atoms with van der Waals surface area (Å²) in [5, 5.41) is 0. The van der Waals surface area contributed by atoms with Crippen LogP contribution in [0.25, 0.3) is 0 Å². The van der Waals surface area contributed by atoms with Crippen molar-refractivity contribution in [3.05, 3.63) is 0 Å². The summed E-state index contributed by atoms with van der Waals surface area (Å²) in [5.74, 6) is 1.35. The number of hydrogen-bond acceptors (Lipinski definition) is 12. The van der Waals surface area contributed by atoms with Crippen LogP contribution in [-0.2, 0) is 17.7 Å². The minimum absolute atomic E-state index is 0.437. The van der Waals surface area contributed by atoms with Crippen molar-refractivity contribution >= 4 is 59.8 Å². The van der Waals surface area contributed by atoms with Crippen LogP contribution >= 0.6 is 41.2 Å². The normalized spacial score (nSPS) is 15.0. The lowest BCUT2D eigenvalue weighted by Gasteiger charge is -2.43. The molecule has 0 saturated heterocycles. The first-order valence-electron chi connectivity index (χ1n) is 12.7. The van der Waals surface area contributed by atoms with Crippen LogP contribution in [0.15, 0.2) is 0 Å². The Morgan fingerprint density at radius 2 is 0.889 bits per heavy atom. The summed E-state index contributed by atoms with van der Waals surface area (Å²) in [4.78, 5) is 8.44. The van der Waals surface area contributed by atoms with Crippen LogP contribution in [0.2, 0.25) is 12.1 Å². The van der Waals surface area contributed by atoms with E-state index >= 15 is 0 Å². The van der Waals surface area contributed by atoms with Gasteiger partial charge in [0.25, 0.3) is 0 Å². The van der Waals surface area contributed by atoms with Crippen LogP contribution in [0.5, 0.6) is 0 Å². The Hall–Kier alpha value is 1.51. The zero-order chi connectivity index (χ0) is 27.8. The number of rotatable bonds is 23. The van der Waals surface area contributed by atoms with E-state index in [1.54, 1.807) is 0 Å². The summed E-state index contributed by atoms with van der Waals surface area (Å²) in [6, 6.07) is 2.05. The molecule has 8 nitrogen and oxygen atoms in total. The van der Waals surface area contributed by atoms with Crippen molar-refractivity contribution in [3.63, 3.8) is 0 Å². The molecule has 36 heavy (non-hydrogen) atoms. The third-order valence-corrected chi connectivity index (χ3v) is 17.4. The van der Waals surface area contributed by atoms with E-state index < -0.39 is 30.3 Å². The zero-order valence-electron chi connectivity index (χ0n) is 24.9. The number of nitrogens with zero attached hydrogens (tertiary/aromatic N) is 4. The molecule has 0 heterocycles. The molecule has 14 heteroatoms. The van der Waals surface area contributed by atoms with Gasteiger partial charge in [-0.3, -0.25) is 19.6 Å². The Kier molecular flexibility index (Phi) is 21.3. The largest absolute Gasteiger partial charge is 0.397 e. The van der Waals surface area contributed by atoms with Crippen LogP contribution in [-0.4, -0.2) is 131 Å². The van der Waals surface area contributed by atoms with E-state index in [-0.39, 0.29) is 0 Å². The molecule has 0 N–H and O–H groups in total. The Morgan fingerprint density at radius 1 is 0.583 bits per heavy atom. The molecular formula is C22H54N4O4S4Si2. The van der Waals surface area contributed by atoms with Crippen LogP contribution in [0.4, 0.5) is 0 Å². The van der Waals surface area contributed by atoms with Gasteiger partial charge < -0.3 is 17.7 Å². The lowest BCUT2D eigenvalue weighted by molar-refractivity contribution is -0.157. The molecule has 0 aromatic carbocycles. The van der Waals surface area contributed by atoms with E-state index in [0.717, 1.165) is 36.4 Å². The first kappa shape index (κ1) is 37.5. The molecule has 0 bridgehead atoms. The standard InChI is InChI=1S/C22H54N4O4S4Si2/c1-13-27-35(29-21(3,23(5)6)24(7)8)19-15-17-31-33-34-32-18-16-20-36(28-14-2)30-22(4,25(9)10)26(11)12/h35-36H,13-20H2,1-12H3. The molecule has 0 amide bonds. The van der Waals surface area contributed by atoms with E-state index in [9.17, 15) is 0 Å². The number of hydrogen-bond donors (Lipinski definition) is 0. The van der Waals surface area contributed by atoms with Gasteiger partial charge in [0.05, 0.1) is 0 Å². The Balaban J connectivity index is 4.19. The van der Waals surface area contributed by atoms with E-state index in [0.29, 0.717) is 13.2 Å². The quantitative estimate of drug-likeness (QED) is 0.0694. The molecule has 0 aromatic rings. The van der Waals surface area contributed by atoms with Crippen LogP contribution in [0.3, 0.4) is 0 Å². The second-order valence-electron chi connectivity index (χ2n) is 9.52. The van der Waals surface area contributed by atoms with Gasteiger partial charge in [-0.25, -0.2) is 0 Å². The fourth-order valence-electron chi connectivity index (χ4n) is 3.17. The van der Waals surface area contributed by atoms with Gasteiger partial charge in [0.1, 0.15) is 0 Å². The predicted octanol–water partition coefficient (Wildman–Crippen LogP) is 4.59. The highest BCUT2D eigenvalue weighted by Gasteiger charge is 2.35. The van der Waals surface area contributed by atoms with Crippen molar-refractivity contribution in [2.45, 2.75) is 64.3 Å². The van der Waals surface area contributed by atoms with E-state index in [1.165, 1.54) is 0 Å². The summed E-state index contributed by atoms with van der Waals surface area (Å²) in [6.07, 6.45) is 2.23. The molecule has 0 rings (SSSR count). The molecular weight excluding hydrogens is 569 g/mol. The van der Waals surface area contributed by atoms with Gasteiger partial charge in [-0.1, -0.05) is 21.6 Å². The average Bonchev–Trinajstić information content (AvgIpc) is 2.79. The summed E-state index contributed by atoms with van der Waals surface area (Å²) in [7, 11) is 20.6. The smallest absolute Gasteiger partial charge is 0.324 e. The van der Waals surface area contributed by atoms with Crippen molar-refractivity contribution in [1.29, 1.82) is 0 Å². The van der Waals surface area contributed by atoms with Gasteiger partial charge >= 0.3 is 18.6 Å². The maximum atomic E-state index is 6.49. The second kappa shape index (κ2) is 20.4. The highest BCUT2D eigenvalue weighted by molar-refractivity contribution is 9.26. The van der Waals surface area contributed by atoms with E-state index in [4.69, 9.17) is 17.7 Å². The molecule has 0 saturated carbocycles. The van der Waals surface area contributed by atoms with Crippen molar-refractivity contribution in [3.8, 4) is 0 Å². The van der Waals surface area contributed by atoms with Crippen LogP contribution in [0.1, 0.15) is 40.5 Å². The van der Waals surface area contributed by atoms with E-state index in [1.807, 2.05) is 41.2 Å². The lowest BCUT2D eigenvalue weighted by Crippen LogP contribution is -2.57. The topological polar surface area (TPSA) is 49.9 Å². The minimum Gasteiger partial charge on any atom is -0.397 e. The SMILES string of the molecule is CCO[SiH](CCCSSSSCCC[SiH](OCC)OC(C)(N(C)C)N(C)C)OC(C)(N(C)C)N(C)C. The Bertz CT molecular complexity index is 496. The summed E-state index contributed by atoms with van der Waals surface area (Å²) in [5.41, 5.74) is 0. The van der Waals surface area contributed by atoms with Crippen molar-refractivity contribution in [2.75, 3.05) is 81.1 Å². The van der Waals surface area contributed by atoms with Gasteiger partial charge in [-0.05, 0) is 129 Å². The fraction of sp³-hybridized carbons (Fsp3) is 1.00. The molecule has 218 valence electrons. The average molecular weight is 623 g/mol. The molecule has 2 unspecified atom stereocenters. The first-order chi connectivity index (χ1) is 16.8. The van der Waals surface area contributed by atoms with Gasteiger partial charge in [0.2, 0.25) is 0 Å². The van der Waals surface area contributed by atoms with Crippen LogP contribution in [0, 0.1) is 0 Å².